The maximum absolute atomic E-state index is 5.57. The van der Waals surface area contributed by atoms with Crippen LogP contribution in [-0.4, -0.2) is 29.7 Å². The van der Waals surface area contributed by atoms with E-state index < -0.39 is 0 Å². The third-order valence-electron chi connectivity index (χ3n) is 3.25. The van der Waals surface area contributed by atoms with E-state index in [1.807, 2.05) is 0 Å². The molecule has 2 atom stereocenters. The molecule has 1 aromatic carbocycles. The number of benzene rings is 1. The van der Waals surface area contributed by atoms with E-state index >= 15 is 0 Å². The monoisotopic (exact) mass is 189 g/mol. The Hall–Kier alpha value is -0.860. The summed E-state index contributed by atoms with van der Waals surface area (Å²) in [5.74, 6) is 0. The summed E-state index contributed by atoms with van der Waals surface area (Å²) < 4.78 is 5.57. The molecule has 2 aliphatic heterocycles. The Morgan fingerprint density at radius 3 is 2.86 bits per heavy atom. The molecule has 0 saturated carbocycles. The van der Waals surface area contributed by atoms with Gasteiger partial charge in [-0.05, 0) is 12.5 Å². The number of hydrogen-bond acceptors (Lipinski definition) is 2. The van der Waals surface area contributed by atoms with Crippen LogP contribution in [0.25, 0.3) is 0 Å². The first-order valence-electron chi connectivity index (χ1n) is 5.20. The summed E-state index contributed by atoms with van der Waals surface area (Å²) >= 11 is 0. The number of rotatable bonds is 2. The third kappa shape index (κ3) is 1.35. The normalized spacial score (nSPS) is 35.6. The summed E-state index contributed by atoms with van der Waals surface area (Å²) in [6, 6.07) is 10.6. The first-order chi connectivity index (χ1) is 6.76. The number of morpholine rings is 1. The third-order valence-corrected chi connectivity index (χ3v) is 3.25. The topological polar surface area (TPSA) is 15.8 Å². The van der Waals surface area contributed by atoms with Crippen molar-refractivity contribution >= 4 is 0 Å². The fourth-order valence-electron chi connectivity index (χ4n) is 2.37. The quantitative estimate of drug-likeness (QED) is 0.658. The second-order valence-electron chi connectivity index (χ2n) is 4.57. The number of hydrogen-bond donors (Lipinski definition) is 0. The molecule has 0 amide bonds. The largest absolute Gasteiger partial charge is 0.364 e. The van der Waals surface area contributed by atoms with Crippen molar-refractivity contribution in [2.24, 2.45) is 0 Å². The highest BCUT2D eigenvalue weighted by Gasteiger charge is 2.58. The van der Waals surface area contributed by atoms with Crippen LogP contribution < -0.4 is 0 Å². The Kier molecular flexibility index (Phi) is 1.70. The Labute approximate surface area is 84.5 Å². The lowest BCUT2D eigenvalue weighted by Gasteiger charge is -2.18. The van der Waals surface area contributed by atoms with E-state index in [4.69, 9.17) is 4.74 Å². The molecule has 0 N–H and O–H groups in total. The van der Waals surface area contributed by atoms with Gasteiger partial charge in [0.25, 0.3) is 0 Å². The Balaban J connectivity index is 1.65. The van der Waals surface area contributed by atoms with Gasteiger partial charge in [0.05, 0.1) is 0 Å². The van der Waals surface area contributed by atoms with Crippen LogP contribution in [0.5, 0.6) is 0 Å². The highest BCUT2D eigenvalue weighted by atomic mass is 16.6. The van der Waals surface area contributed by atoms with E-state index in [0.29, 0.717) is 6.10 Å². The van der Waals surface area contributed by atoms with Crippen LogP contribution >= 0.6 is 0 Å². The van der Waals surface area contributed by atoms with Crippen LogP contribution in [-0.2, 0) is 11.3 Å². The van der Waals surface area contributed by atoms with Crippen LogP contribution in [0.1, 0.15) is 12.5 Å². The lowest BCUT2D eigenvalue weighted by atomic mass is 10.1. The van der Waals surface area contributed by atoms with Crippen LogP contribution in [0.15, 0.2) is 30.3 Å². The van der Waals surface area contributed by atoms with E-state index in [-0.39, 0.29) is 5.60 Å². The SMILES string of the molecule is CC12CN(Cc3ccccc3)CC1O2. The van der Waals surface area contributed by atoms with Gasteiger partial charge >= 0.3 is 0 Å². The Bertz CT molecular complexity index is 337. The van der Waals surface area contributed by atoms with Crippen molar-refractivity contribution < 1.29 is 4.74 Å². The first-order valence-corrected chi connectivity index (χ1v) is 5.20. The van der Waals surface area contributed by atoms with Crippen LogP contribution in [0, 0.1) is 0 Å². The second kappa shape index (κ2) is 2.81. The molecule has 2 nitrogen and oxygen atoms in total. The maximum atomic E-state index is 5.57. The molecule has 3 rings (SSSR count). The van der Waals surface area contributed by atoms with Crippen molar-refractivity contribution in [3.05, 3.63) is 35.9 Å². The molecule has 74 valence electrons. The molecular weight excluding hydrogens is 174 g/mol. The minimum Gasteiger partial charge on any atom is -0.364 e. The van der Waals surface area contributed by atoms with Gasteiger partial charge in [0.2, 0.25) is 0 Å². The highest BCUT2D eigenvalue weighted by molar-refractivity contribution is 5.16. The molecule has 0 aliphatic carbocycles. The van der Waals surface area contributed by atoms with E-state index in [1.165, 1.54) is 5.56 Å². The zero-order valence-electron chi connectivity index (χ0n) is 8.44. The minimum atomic E-state index is 0.189. The van der Waals surface area contributed by atoms with Crippen molar-refractivity contribution in [2.45, 2.75) is 25.2 Å². The van der Waals surface area contributed by atoms with Crippen molar-refractivity contribution in [3.8, 4) is 0 Å². The average Bonchev–Trinajstić information content (AvgIpc) is 2.67. The molecule has 2 saturated heterocycles. The summed E-state index contributed by atoms with van der Waals surface area (Å²) in [4.78, 5) is 2.48. The molecule has 14 heavy (non-hydrogen) atoms. The first kappa shape index (κ1) is 8.45. The van der Waals surface area contributed by atoms with Gasteiger partial charge in [-0.1, -0.05) is 30.3 Å². The summed E-state index contributed by atoms with van der Waals surface area (Å²) in [6.07, 6.45) is 0.506. The van der Waals surface area contributed by atoms with Crippen LogP contribution in [0.4, 0.5) is 0 Å². The van der Waals surface area contributed by atoms with Gasteiger partial charge in [-0.2, -0.15) is 0 Å². The number of nitrogens with zero attached hydrogens (tertiary/aromatic N) is 1. The lowest BCUT2D eigenvalue weighted by Crippen LogP contribution is -2.26. The molecule has 0 spiro atoms. The molecule has 0 aromatic heterocycles. The molecule has 2 fully saturated rings. The summed E-state index contributed by atoms with van der Waals surface area (Å²) in [7, 11) is 0. The molecule has 1 aromatic rings. The van der Waals surface area contributed by atoms with Crippen molar-refractivity contribution in [1.82, 2.24) is 4.90 Å². The summed E-state index contributed by atoms with van der Waals surface area (Å²) in [5, 5.41) is 0. The fraction of sp³-hybridized carbons (Fsp3) is 0.500. The van der Waals surface area contributed by atoms with Crippen molar-refractivity contribution in [2.75, 3.05) is 13.1 Å². The molecule has 2 heterocycles. The summed E-state index contributed by atoms with van der Waals surface area (Å²) in [6.45, 7) is 5.47. The van der Waals surface area contributed by atoms with E-state index in [2.05, 4.69) is 42.2 Å². The van der Waals surface area contributed by atoms with Crippen LogP contribution in [0.2, 0.25) is 0 Å². The van der Waals surface area contributed by atoms with Gasteiger partial charge in [-0.3, -0.25) is 4.90 Å². The van der Waals surface area contributed by atoms with Gasteiger partial charge < -0.3 is 4.74 Å². The zero-order chi connectivity index (χ0) is 9.60. The molecule has 0 radical (unpaired) electrons. The van der Waals surface area contributed by atoms with Crippen molar-refractivity contribution in [1.29, 1.82) is 0 Å². The maximum Gasteiger partial charge on any atom is 0.106 e. The molecule has 2 aliphatic rings. The highest BCUT2D eigenvalue weighted by Crippen LogP contribution is 2.42. The Morgan fingerprint density at radius 2 is 2.21 bits per heavy atom. The minimum absolute atomic E-state index is 0.189. The van der Waals surface area contributed by atoms with Gasteiger partial charge in [-0.25, -0.2) is 0 Å². The number of likely N-dealkylation sites (tertiary alicyclic amines) is 1. The van der Waals surface area contributed by atoms with Gasteiger partial charge in [0.15, 0.2) is 0 Å². The fourth-order valence-corrected chi connectivity index (χ4v) is 2.37. The molecule has 2 heteroatoms. The summed E-state index contributed by atoms with van der Waals surface area (Å²) in [5.41, 5.74) is 1.59. The van der Waals surface area contributed by atoms with E-state index in [1.54, 1.807) is 0 Å². The molecular formula is C12H15NO. The molecule has 0 bridgehead atoms. The van der Waals surface area contributed by atoms with Gasteiger partial charge in [0, 0.05) is 19.6 Å². The number of epoxide rings is 1. The Morgan fingerprint density at radius 1 is 1.43 bits per heavy atom. The van der Waals surface area contributed by atoms with E-state index in [0.717, 1.165) is 19.6 Å². The van der Waals surface area contributed by atoms with Crippen molar-refractivity contribution in [3.63, 3.8) is 0 Å². The zero-order valence-corrected chi connectivity index (χ0v) is 8.44. The lowest BCUT2D eigenvalue weighted by molar-refractivity contribution is 0.165. The standard InChI is InChI=1S/C12H15NO/c1-12-9-13(8-11(12)14-12)7-10-5-3-2-4-6-10/h2-6,11H,7-9H2,1H3. The predicted molar refractivity (Wildman–Crippen MR) is 55.0 cm³/mol. The number of fused-ring (bicyclic) bond motifs is 1. The number of ether oxygens (including phenoxy) is 1. The van der Waals surface area contributed by atoms with Crippen LogP contribution in [0.3, 0.4) is 0 Å². The van der Waals surface area contributed by atoms with Gasteiger partial charge in [-0.15, -0.1) is 0 Å². The smallest absolute Gasteiger partial charge is 0.106 e. The average molecular weight is 189 g/mol. The molecule has 2 unspecified atom stereocenters. The van der Waals surface area contributed by atoms with Gasteiger partial charge in [0.1, 0.15) is 11.7 Å². The van der Waals surface area contributed by atoms with E-state index in [9.17, 15) is 0 Å². The second-order valence-corrected chi connectivity index (χ2v) is 4.57. The predicted octanol–water partition coefficient (Wildman–Crippen LogP) is 1.66.